The maximum Gasteiger partial charge on any atom is 0.326 e. The molecule has 13 nitrogen and oxygen atoms in total. The van der Waals surface area contributed by atoms with Crippen molar-refractivity contribution in [2.45, 2.75) is 69.3 Å². The fourth-order valence-corrected chi connectivity index (χ4v) is 3.95. The van der Waals surface area contributed by atoms with Crippen LogP contribution in [0.25, 0.3) is 0 Å². The molecule has 13 heteroatoms. The van der Waals surface area contributed by atoms with Crippen molar-refractivity contribution in [3.05, 3.63) is 29.8 Å². The van der Waals surface area contributed by atoms with Gasteiger partial charge < -0.3 is 42.3 Å². The van der Waals surface area contributed by atoms with Crippen LogP contribution in [0.1, 0.15) is 38.2 Å². The molecule has 0 aromatic heterocycles. The third-order valence-electron chi connectivity index (χ3n) is 5.90. The van der Waals surface area contributed by atoms with E-state index in [9.17, 15) is 39.3 Å². The van der Waals surface area contributed by atoms with Crippen molar-refractivity contribution in [3.8, 4) is 5.75 Å². The van der Waals surface area contributed by atoms with Gasteiger partial charge in [0, 0.05) is 13.0 Å². The van der Waals surface area contributed by atoms with Gasteiger partial charge in [0.05, 0.1) is 12.1 Å². The second-order valence-corrected chi connectivity index (χ2v) is 8.80. The molecule has 2 rings (SSSR count). The van der Waals surface area contributed by atoms with Crippen LogP contribution >= 0.6 is 0 Å². The number of aromatic hydroxyl groups is 1. The number of aliphatic hydroxyl groups is 1. The SMILES string of the molecule is CC(O)C(NC(=O)C1CCCN1C(=O)C(N)Cc1ccc(O)cc1)C(=O)NC(CCC(N)=O)C(=O)O. The van der Waals surface area contributed by atoms with Gasteiger partial charge in [0.25, 0.3) is 0 Å². The van der Waals surface area contributed by atoms with Crippen molar-refractivity contribution < 1.29 is 39.3 Å². The molecule has 9 N–H and O–H groups in total. The van der Waals surface area contributed by atoms with Gasteiger partial charge in [-0.2, -0.15) is 0 Å². The highest BCUT2D eigenvalue weighted by Gasteiger charge is 2.38. The summed E-state index contributed by atoms with van der Waals surface area (Å²) in [5.41, 5.74) is 11.8. The van der Waals surface area contributed by atoms with Gasteiger partial charge in [0.15, 0.2) is 0 Å². The fraction of sp³-hybridized carbons (Fsp3) is 0.522. The number of rotatable bonds is 12. The summed E-state index contributed by atoms with van der Waals surface area (Å²) in [6.45, 7) is 1.52. The van der Waals surface area contributed by atoms with E-state index in [0.717, 1.165) is 5.56 Å². The highest BCUT2D eigenvalue weighted by atomic mass is 16.4. The van der Waals surface area contributed by atoms with Crippen LogP contribution in [0.4, 0.5) is 0 Å². The summed E-state index contributed by atoms with van der Waals surface area (Å²) < 4.78 is 0. The zero-order chi connectivity index (χ0) is 27.0. The van der Waals surface area contributed by atoms with Gasteiger partial charge in [-0.3, -0.25) is 19.2 Å². The number of carboxylic acid groups (broad SMARTS) is 1. The van der Waals surface area contributed by atoms with E-state index in [0.29, 0.717) is 12.8 Å². The second kappa shape index (κ2) is 12.8. The Balaban J connectivity index is 2.05. The molecule has 5 unspecified atom stereocenters. The largest absolute Gasteiger partial charge is 0.508 e. The lowest BCUT2D eigenvalue weighted by Crippen LogP contribution is -2.59. The quantitative estimate of drug-likeness (QED) is 0.165. The molecule has 1 saturated heterocycles. The number of primary amides is 1. The first kappa shape index (κ1) is 28.5. The number of amides is 4. The molecule has 36 heavy (non-hydrogen) atoms. The van der Waals surface area contributed by atoms with Gasteiger partial charge in [-0.25, -0.2) is 4.79 Å². The van der Waals surface area contributed by atoms with E-state index in [1.54, 1.807) is 12.1 Å². The Morgan fingerprint density at radius 3 is 2.33 bits per heavy atom. The molecule has 0 aliphatic carbocycles. The molecule has 4 amide bonds. The zero-order valence-corrected chi connectivity index (χ0v) is 19.9. The number of aliphatic hydroxyl groups excluding tert-OH is 1. The van der Waals surface area contributed by atoms with Crippen molar-refractivity contribution in [2.24, 2.45) is 11.5 Å². The van der Waals surface area contributed by atoms with E-state index in [1.807, 2.05) is 0 Å². The summed E-state index contributed by atoms with van der Waals surface area (Å²) in [6.07, 6.45) is -0.914. The number of nitrogens with two attached hydrogens (primary N) is 2. The topological polar surface area (TPSA) is 225 Å². The van der Waals surface area contributed by atoms with E-state index in [4.69, 9.17) is 11.5 Å². The molecule has 1 heterocycles. The van der Waals surface area contributed by atoms with E-state index in [1.165, 1.54) is 24.0 Å². The Labute approximate surface area is 207 Å². The number of aliphatic carboxylic acids is 1. The number of carbonyl (C=O) groups is 5. The van der Waals surface area contributed by atoms with Crippen LogP contribution in [0, 0.1) is 0 Å². The van der Waals surface area contributed by atoms with Crippen molar-refractivity contribution in [2.75, 3.05) is 6.54 Å². The minimum Gasteiger partial charge on any atom is -0.508 e. The Kier molecular flexibility index (Phi) is 10.2. The molecule has 0 saturated carbocycles. The maximum atomic E-state index is 13.0. The number of hydrogen-bond donors (Lipinski definition) is 7. The van der Waals surface area contributed by atoms with Crippen LogP contribution in [0.15, 0.2) is 24.3 Å². The molecule has 1 aromatic carbocycles. The summed E-state index contributed by atoms with van der Waals surface area (Å²) >= 11 is 0. The zero-order valence-electron chi connectivity index (χ0n) is 19.9. The van der Waals surface area contributed by atoms with Crippen molar-refractivity contribution in [3.63, 3.8) is 0 Å². The van der Waals surface area contributed by atoms with E-state index < -0.39 is 59.9 Å². The molecule has 1 aliphatic heterocycles. The number of phenols is 1. The van der Waals surface area contributed by atoms with Gasteiger partial charge >= 0.3 is 5.97 Å². The summed E-state index contributed by atoms with van der Waals surface area (Å²) in [5.74, 6) is -4.19. The van der Waals surface area contributed by atoms with E-state index in [-0.39, 0.29) is 31.6 Å². The molecule has 1 fully saturated rings. The Morgan fingerprint density at radius 1 is 1.14 bits per heavy atom. The van der Waals surface area contributed by atoms with Gasteiger partial charge in [-0.15, -0.1) is 0 Å². The summed E-state index contributed by atoms with van der Waals surface area (Å²) in [4.78, 5) is 62.3. The van der Waals surface area contributed by atoms with Gasteiger partial charge in [-0.1, -0.05) is 12.1 Å². The third-order valence-corrected chi connectivity index (χ3v) is 5.90. The van der Waals surface area contributed by atoms with E-state index >= 15 is 0 Å². The lowest BCUT2D eigenvalue weighted by Gasteiger charge is -2.29. The van der Waals surface area contributed by atoms with E-state index in [2.05, 4.69) is 10.6 Å². The molecule has 0 spiro atoms. The van der Waals surface area contributed by atoms with Crippen LogP contribution < -0.4 is 22.1 Å². The molecular formula is C23H33N5O8. The molecule has 0 bridgehead atoms. The number of nitrogens with zero attached hydrogens (tertiary/aromatic N) is 1. The van der Waals surface area contributed by atoms with Gasteiger partial charge in [0.2, 0.25) is 23.6 Å². The van der Waals surface area contributed by atoms with Gasteiger partial charge in [-0.05, 0) is 50.3 Å². The number of carboxylic acids is 1. The molecule has 1 aliphatic rings. The average molecular weight is 508 g/mol. The van der Waals surface area contributed by atoms with Gasteiger partial charge in [0.1, 0.15) is 23.9 Å². The first-order chi connectivity index (χ1) is 16.9. The number of likely N-dealkylation sites (tertiary alicyclic amines) is 1. The predicted octanol–water partition coefficient (Wildman–Crippen LogP) is -2.05. The first-order valence-electron chi connectivity index (χ1n) is 11.5. The Morgan fingerprint density at radius 2 is 1.78 bits per heavy atom. The summed E-state index contributed by atoms with van der Waals surface area (Å²) in [7, 11) is 0. The first-order valence-corrected chi connectivity index (χ1v) is 11.5. The van der Waals surface area contributed by atoms with Crippen LogP contribution in [-0.4, -0.2) is 86.6 Å². The molecular weight excluding hydrogens is 474 g/mol. The summed E-state index contributed by atoms with van der Waals surface area (Å²) in [6, 6.07) is 1.39. The highest BCUT2D eigenvalue weighted by Crippen LogP contribution is 2.20. The monoisotopic (exact) mass is 507 g/mol. The lowest BCUT2D eigenvalue weighted by molar-refractivity contribution is -0.144. The highest BCUT2D eigenvalue weighted by molar-refractivity contribution is 5.94. The molecule has 0 radical (unpaired) electrons. The molecule has 1 aromatic rings. The average Bonchev–Trinajstić information content (AvgIpc) is 3.30. The number of benzene rings is 1. The summed E-state index contributed by atoms with van der Waals surface area (Å²) in [5, 5.41) is 33.4. The van der Waals surface area contributed by atoms with Crippen molar-refractivity contribution in [1.82, 2.24) is 15.5 Å². The standard InChI is InChI=1S/C23H33N5O8/c1-12(29)19(21(33)26-16(23(35)36)8-9-18(25)31)27-20(32)17-3-2-10-28(17)22(34)15(24)11-13-4-6-14(30)7-5-13/h4-7,12,15-17,19,29-30H,2-3,8-11,24H2,1H3,(H2,25,31)(H,26,33)(H,27,32)(H,35,36). The Hall–Kier alpha value is -3.71. The number of carbonyl (C=O) groups excluding carboxylic acids is 4. The number of phenolic OH excluding ortho intramolecular Hbond substituents is 1. The second-order valence-electron chi connectivity index (χ2n) is 8.80. The minimum atomic E-state index is -1.50. The normalized spacial score (nSPS) is 18.5. The Bertz CT molecular complexity index is 968. The predicted molar refractivity (Wildman–Crippen MR) is 126 cm³/mol. The van der Waals surface area contributed by atoms with Crippen molar-refractivity contribution >= 4 is 29.6 Å². The number of nitrogens with one attached hydrogen (secondary N) is 2. The number of hydrogen-bond acceptors (Lipinski definition) is 8. The third kappa shape index (κ3) is 7.92. The van der Waals surface area contributed by atoms with Crippen LogP contribution in [0.5, 0.6) is 5.75 Å². The fourth-order valence-electron chi connectivity index (χ4n) is 3.95. The van der Waals surface area contributed by atoms with Crippen molar-refractivity contribution in [1.29, 1.82) is 0 Å². The van der Waals surface area contributed by atoms with Crippen LogP contribution in [0.3, 0.4) is 0 Å². The van der Waals surface area contributed by atoms with Crippen LogP contribution in [-0.2, 0) is 30.4 Å². The molecule has 198 valence electrons. The smallest absolute Gasteiger partial charge is 0.326 e. The lowest BCUT2D eigenvalue weighted by atomic mass is 10.0. The maximum absolute atomic E-state index is 13.0. The minimum absolute atomic E-state index is 0.0779. The molecule has 5 atom stereocenters. The van der Waals surface area contributed by atoms with Crippen LogP contribution in [0.2, 0.25) is 0 Å².